The Kier molecular flexibility index (Phi) is 5.50. The van der Waals surface area contributed by atoms with Crippen LogP contribution in [0.2, 0.25) is 0 Å². The summed E-state index contributed by atoms with van der Waals surface area (Å²) in [7, 11) is 0. The molecule has 2 atom stereocenters. The number of benzene rings is 1. The number of nitrogens with one attached hydrogen (secondary N) is 2. The van der Waals surface area contributed by atoms with Crippen LogP contribution in [0.4, 0.5) is 5.13 Å². The van der Waals surface area contributed by atoms with E-state index in [1.165, 1.54) is 17.8 Å². The van der Waals surface area contributed by atoms with Gasteiger partial charge in [0.2, 0.25) is 5.91 Å². The highest BCUT2D eigenvalue weighted by Crippen LogP contribution is 2.34. The molecule has 6 nitrogen and oxygen atoms in total. The van der Waals surface area contributed by atoms with Crippen LogP contribution < -0.4 is 10.6 Å². The van der Waals surface area contributed by atoms with E-state index >= 15 is 0 Å². The van der Waals surface area contributed by atoms with E-state index in [2.05, 4.69) is 20.5 Å². The molecule has 1 aromatic heterocycles. The first-order valence-corrected chi connectivity index (χ1v) is 10.4. The molecule has 0 unspecified atom stereocenters. The summed E-state index contributed by atoms with van der Waals surface area (Å²) in [4.78, 5) is 31.3. The summed E-state index contributed by atoms with van der Waals surface area (Å²) in [5.41, 5.74) is 0.702. The number of amides is 2. The Labute approximate surface area is 163 Å². The third kappa shape index (κ3) is 4.36. The SMILES string of the molecule is O=C(CN1[C@H]2CCC[C@H]1CC(NC(=O)c1ccccc1)C2)Nc1nccs1. The van der Waals surface area contributed by atoms with Gasteiger partial charge >= 0.3 is 0 Å². The molecule has 7 heteroatoms. The number of anilines is 1. The van der Waals surface area contributed by atoms with Crippen LogP contribution in [-0.2, 0) is 4.79 Å². The highest BCUT2D eigenvalue weighted by molar-refractivity contribution is 7.13. The van der Waals surface area contributed by atoms with Gasteiger partial charge in [0.25, 0.3) is 5.91 Å². The van der Waals surface area contributed by atoms with Gasteiger partial charge in [0.15, 0.2) is 5.13 Å². The maximum absolute atomic E-state index is 12.5. The molecule has 0 saturated carbocycles. The van der Waals surface area contributed by atoms with Crippen LogP contribution in [0.15, 0.2) is 41.9 Å². The summed E-state index contributed by atoms with van der Waals surface area (Å²) in [6.45, 7) is 0.397. The smallest absolute Gasteiger partial charge is 0.251 e. The number of carbonyl (C=O) groups is 2. The van der Waals surface area contributed by atoms with Crippen molar-refractivity contribution in [2.24, 2.45) is 0 Å². The van der Waals surface area contributed by atoms with Gasteiger partial charge in [-0.05, 0) is 37.8 Å². The maximum Gasteiger partial charge on any atom is 0.251 e. The third-order valence-corrected chi connectivity index (χ3v) is 6.19. The van der Waals surface area contributed by atoms with Crippen molar-refractivity contribution >= 4 is 28.3 Å². The summed E-state index contributed by atoms with van der Waals surface area (Å²) >= 11 is 1.43. The van der Waals surface area contributed by atoms with Crippen molar-refractivity contribution in [3.63, 3.8) is 0 Å². The molecule has 4 rings (SSSR count). The minimum absolute atomic E-state index is 0.00589. The third-order valence-electron chi connectivity index (χ3n) is 5.50. The summed E-state index contributed by atoms with van der Waals surface area (Å²) in [5.74, 6) is -0.0118. The van der Waals surface area contributed by atoms with E-state index in [-0.39, 0.29) is 17.9 Å². The van der Waals surface area contributed by atoms with E-state index in [1.54, 1.807) is 6.20 Å². The van der Waals surface area contributed by atoms with Gasteiger partial charge in [0.05, 0.1) is 6.54 Å². The Bertz CT molecular complexity index is 767. The minimum Gasteiger partial charge on any atom is -0.349 e. The second-order valence-corrected chi connectivity index (χ2v) is 8.20. The molecule has 0 spiro atoms. The van der Waals surface area contributed by atoms with Crippen molar-refractivity contribution in [2.75, 3.05) is 11.9 Å². The molecule has 2 aliphatic rings. The summed E-state index contributed by atoms with van der Waals surface area (Å²) in [6.07, 6.45) is 6.85. The quantitative estimate of drug-likeness (QED) is 0.831. The molecule has 0 radical (unpaired) electrons. The molecule has 27 heavy (non-hydrogen) atoms. The van der Waals surface area contributed by atoms with E-state index in [4.69, 9.17) is 0 Å². The van der Waals surface area contributed by atoms with Gasteiger partial charge in [-0.25, -0.2) is 4.98 Å². The lowest BCUT2D eigenvalue weighted by molar-refractivity contribution is -0.120. The molecule has 2 fully saturated rings. The van der Waals surface area contributed by atoms with E-state index in [9.17, 15) is 9.59 Å². The lowest BCUT2D eigenvalue weighted by Crippen LogP contribution is -2.58. The van der Waals surface area contributed by atoms with Gasteiger partial charge in [-0.15, -0.1) is 11.3 Å². The van der Waals surface area contributed by atoms with E-state index in [1.807, 2.05) is 35.7 Å². The van der Waals surface area contributed by atoms with Crippen molar-refractivity contribution in [3.8, 4) is 0 Å². The largest absolute Gasteiger partial charge is 0.349 e. The standard InChI is InChI=1S/C20H24N4O2S/c25-18(23-20-21-9-10-27-20)13-24-16-7-4-8-17(24)12-15(11-16)22-19(26)14-5-2-1-3-6-14/h1-3,5-6,9-10,15-17H,4,7-8,11-13H2,(H,22,26)(H,21,23,25)/t16-,17-/m0/s1. The number of fused-ring (bicyclic) bond motifs is 2. The number of carbonyl (C=O) groups excluding carboxylic acids is 2. The number of rotatable bonds is 5. The minimum atomic E-state index is -0.00591. The fraction of sp³-hybridized carbons (Fsp3) is 0.450. The highest BCUT2D eigenvalue weighted by Gasteiger charge is 2.39. The van der Waals surface area contributed by atoms with Gasteiger partial charge in [0.1, 0.15) is 0 Å². The van der Waals surface area contributed by atoms with E-state index in [0.717, 1.165) is 25.7 Å². The second kappa shape index (κ2) is 8.19. The molecular formula is C20H24N4O2S. The summed E-state index contributed by atoms with van der Waals surface area (Å²) < 4.78 is 0. The first-order chi connectivity index (χ1) is 13.2. The predicted octanol–water partition coefficient (Wildman–Crippen LogP) is 2.90. The average Bonchev–Trinajstić information content (AvgIpc) is 3.16. The van der Waals surface area contributed by atoms with Crippen LogP contribution in [-0.4, -0.2) is 46.4 Å². The zero-order chi connectivity index (χ0) is 18.6. The van der Waals surface area contributed by atoms with Crippen molar-refractivity contribution in [2.45, 2.75) is 50.2 Å². The average molecular weight is 385 g/mol. The van der Waals surface area contributed by atoms with Crippen molar-refractivity contribution in [3.05, 3.63) is 47.5 Å². The molecule has 2 aromatic rings. The topological polar surface area (TPSA) is 74.3 Å². The van der Waals surface area contributed by atoms with Crippen LogP contribution in [0.25, 0.3) is 0 Å². The lowest BCUT2D eigenvalue weighted by atomic mass is 9.81. The number of aromatic nitrogens is 1. The summed E-state index contributed by atoms with van der Waals surface area (Å²) in [5, 5.41) is 8.58. The van der Waals surface area contributed by atoms with Crippen LogP contribution >= 0.6 is 11.3 Å². The Morgan fingerprint density at radius 3 is 2.56 bits per heavy atom. The number of piperidine rings is 2. The molecule has 142 valence electrons. The highest BCUT2D eigenvalue weighted by atomic mass is 32.1. The molecule has 0 aliphatic carbocycles. The predicted molar refractivity (Wildman–Crippen MR) is 106 cm³/mol. The molecule has 3 heterocycles. The van der Waals surface area contributed by atoms with Crippen molar-refractivity contribution < 1.29 is 9.59 Å². The molecule has 2 saturated heterocycles. The Balaban J connectivity index is 1.36. The Hall–Kier alpha value is -2.25. The Morgan fingerprint density at radius 2 is 1.89 bits per heavy atom. The molecular weight excluding hydrogens is 360 g/mol. The lowest BCUT2D eigenvalue weighted by Gasteiger charge is -2.48. The zero-order valence-electron chi connectivity index (χ0n) is 15.1. The number of hydrogen-bond donors (Lipinski definition) is 2. The number of nitrogens with zero attached hydrogens (tertiary/aromatic N) is 2. The van der Waals surface area contributed by atoms with Crippen LogP contribution in [0.1, 0.15) is 42.5 Å². The Morgan fingerprint density at radius 1 is 1.15 bits per heavy atom. The molecule has 2 amide bonds. The first kappa shape index (κ1) is 18.1. The molecule has 2 aliphatic heterocycles. The van der Waals surface area contributed by atoms with Gasteiger partial charge < -0.3 is 10.6 Å². The fourth-order valence-corrected chi connectivity index (χ4v) is 4.87. The first-order valence-electron chi connectivity index (χ1n) is 9.50. The van der Waals surface area contributed by atoms with E-state index in [0.29, 0.717) is 29.3 Å². The monoisotopic (exact) mass is 384 g/mol. The van der Waals surface area contributed by atoms with Crippen LogP contribution in [0, 0.1) is 0 Å². The van der Waals surface area contributed by atoms with Crippen LogP contribution in [0.3, 0.4) is 0 Å². The van der Waals surface area contributed by atoms with Crippen LogP contribution in [0.5, 0.6) is 0 Å². The van der Waals surface area contributed by atoms with Gasteiger partial charge in [-0.1, -0.05) is 24.6 Å². The number of hydrogen-bond acceptors (Lipinski definition) is 5. The van der Waals surface area contributed by atoms with Gasteiger partial charge in [-0.3, -0.25) is 14.5 Å². The summed E-state index contributed by atoms with van der Waals surface area (Å²) in [6, 6.07) is 10.2. The molecule has 1 aromatic carbocycles. The molecule has 2 N–H and O–H groups in total. The van der Waals surface area contributed by atoms with Crippen molar-refractivity contribution in [1.29, 1.82) is 0 Å². The fourth-order valence-electron chi connectivity index (χ4n) is 4.32. The zero-order valence-corrected chi connectivity index (χ0v) is 16.0. The van der Waals surface area contributed by atoms with Gasteiger partial charge in [0, 0.05) is 35.3 Å². The van der Waals surface area contributed by atoms with E-state index < -0.39 is 0 Å². The maximum atomic E-state index is 12.5. The van der Waals surface area contributed by atoms with Crippen molar-refractivity contribution in [1.82, 2.24) is 15.2 Å². The van der Waals surface area contributed by atoms with Gasteiger partial charge in [-0.2, -0.15) is 0 Å². The molecule has 2 bridgehead atoms. The normalized spacial score (nSPS) is 25.0. The number of thiazole rings is 1. The second-order valence-electron chi connectivity index (χ2n) is 7.30.